The first-order valence-electron chi connectivity index (χ1n) is 11.2. The zero-order valence-electron chi connectivity index (χ0n) is 18.5. The third-order valence-corrected chi connectivity index (χ3v) is 5.59. The van der Waals surface area contributed by atoms with E-state index in [1.54, 1.807) is 0 Å². The van der Waals surface area contributed by atoms with E-state index >= 15 is 0 Å². The molecule has 1 saturated heterocycles. The van der Waals surface area contributed by atoms with Gasteiger partial charge in [-0.15, -0.1) is 0 Å². The number of ether oxygens (including phenoxy) is 4. The zero-order chi connectivity index (χ0) is 22.7. The average Bonchev–Trinajstić information content (AvgIpc) is 2.88. The molecule has 4 rings (SSSR count). The topological polar surface area (TPSA) is 66.4 Å². The first-order valence-corrected chi connectivity index (χ1v) is 11.2. The Morgan fingerprint density at radius 3 is 1.76 bits per heavy atom. The summed E-state index contributed by atoms with van der Waals surface area (Å²) in [6, 6.07) is 29.9. The van der Waals surface area contributed by atoms with Gasteiger partial charge < -0.3 is 18.9 Å². The molecular formula is C27H30O6. The molecule has 0 aromatic heterocycles. The van der Waals surface area contributed by atoms with Crippen LogP contribution in [-0.2, 0) is 43.7 Å². The molecule has 0 saturated carbocycles. The van der Waals surface area contributed by atoms with Gasteiger partial charge in [-0.2, -0.15) is 0 Å². The molecule has 33 heavy (non-hydrogen) atoms. The summed E-state index contributed by atoms with van der Waals surface area (Å²) >= 11 is 0. The predicted octanol–water partition coefficient (Wildman–Crippen LogP) is 4.98. The highest BCUT2D eigenvalue weighted by Crippen LogP contribution is 2.28. The summed E-state index contributed by atoms with van der Waals surface area (Å²) < 4.78 is 24.5. The van der Waals surface area contributed by atoms with Crippen molar-refractivity contribution in [3.8, 4) is 0 Å². The van der Waals surface area contributed by atoms with Crippen LogP contribution in [0.5, 0.6) is 0 Å². The fourth-order valence-corrected chi connectivity index (χ4v) is 3.88. The van der Waals surface area contributed by atoms with E-state index in [-0.39, 0.29) is 12.7 Å². The van der Waals surface area contributed by atoms with Gasteiger partial charge in [-0.25, -0.2) is 10.1 Å². The lowest BCUT2D eigenvalue weighted by molar-refractivity contribution is -0.385. The number of rotatable bonds is 11. The predicted molar refractivity (Wildman–Crippen MR) is 123 cm³/mol. The van der Waals surface area contributed by atoms with Crippen LogP contribution in [0.15, 0.2) is 91.0 Å². The van der Waals surface area contributed by atoms with Crippen LogP contribution in [0.3, 0.4) is 0 Å². The Kier molecular flexibility index (Phi) is 9.00. The SMILES string of the molecule is OO[C@@H]1C[C@@H](OCc2ccccc2)[C@@H](OCc2ccccc2)[C@H](COCc2ccccc2)O1. The van der Waals surface area contributed by atoms with Crippen molar-refractivity contribution in [2.24, 2.45) is 0 Å². The van der Waals surface area contributed by atoms with Crippen molar-refractivity contribution < 1.29 is 29.1 Å². The third-order valence-electron chi connectivity index (χ3n) is 5.59. The minimum Gasteiger partial charge on any atom is -0.374 e. The highest BCUT2D eigenvalue weighted by molar-refractivity contribution is 5.15. The summed E-state index contributed by atoms with van der Waals surface area (Å²) in [5.74, 6) is 0. The Balaban J connectivity index is 1.44. The Bertz CT molecular complexity index is 921. The van der Waals surface area contributed by atoms with Crippen LogP contribution in [0.1, 0.15) is 23.1 Å². The Morgan fingerprint density at radius 1 is 0.697 bits per heavy atom. The summed E-state index contributed by atoms with van der Waals surface area (Å²) in [5, 5.41) is 9.35. The average molecular weight is 451 g/mol. The van der Waals surface area contributed by atoms with Crippen LogP contribution in [-0.4, -0.2) is 36.5 Å². The third kappa shape index (κ3) is 7.20. The smallest absolute Gasteiger partial charge is 0.194 e. The summed E-state index contributed by atoms with van der Waals surface area (Å²) in [5.41, 5.74) is 3.19. The van der Waals surface area contributed by atoms with Crippen molar-refractivity contribution in [3.63, 3.8) is 0 Å². The van der Waals surface area contributed by atoms with Crippen LogP contribution in [0, 0.1) is 0 Å². The minimum atomic E-state index is -0.812. The normalized spacial score (nSPS) is 22.8. The summed E-state index contributed by atoms with van der Waals surface area (Å²) in [6.07, 6.45) is -1.67. The second-order valence-electron chi connectivity index (χ2n) is 8.04. The molecule has 0 amide bonds. The van der Waals surface area contributed by atoms with E-state index in [4.69, 9.17) is 18.9 Å². The van der Waals surface area contributed by atoms with E-state index < -0.39 is 18.5 Å². The summed E-state index contributed by atoms with van der Waals surface area (Å²) in [7, 11) is 0. The molecule has 1 aliphatic heterocycles. The number of hydrogen-bond donors (Lipinski definition) is 1. The van der Waals surface area contributed by atoms with Crippen molar-refractivity contribution in [2.75, 3.05) is 6.61 Å². The van der Waals surface area contributed by atoms with Gasteiger partial charge >= 0.3 is 0 Å². The van der Waals surface area contributed by atoms with E-state index in [1.165, 1.54) is 0 Å². The van der Waals surface area contributed by atoms with Crippen LogP contribution in [0.4, 0.5) is 0 Å². The first-order chi connectivity index (χ1) is 16.3. The zero-order valence-corrected chi connectivity index (χ0v) is 18.5. The summed E-state index contributed by atoms with van der Waals surface area (Å²) in [4.78, 5) is 4.57. The quantitative estimate of drug-likeness (QED) is 0.328. The molecular weight excluding hydrogens is 420 g/mol. The molecule has 0 aliphatic carbocycles. The minimum absolute atomic E-state index is 0.277. The molecule has 1 fully saturated rings. The standard InChI is InChI=1S/C27H30O6/c28-33-26-16-24(30-18-22-12-6-2-7-13-22)27(31-19-23-14-8-3-9-15-23)25(32-26)20-29-17-21-10-4-1-5-11-21/h1-15,24-28H,16-20H2/t24-,25+,26-,27-/m1/s1. The summed E-state index contributed by atoms with van der Waals surface area (Å²) in [6.45, 7) is 1.57. The molecule has 4 atom stereocenters. The maximum atomic E-state index is 9.35. The molecule has 6 nitrogen and oxygen atoms in total. The fourth-order valence-electron chi connectivity index (χ4n) is 3.88. The maximum Gasteiger partial charge on any atom is 0.194 e. The van der Waals surface area contributed by atoms with Crippen LogP contribution >= 0.6 is 0 Å². The molecule has 3 aromatic carbocycles. The monoisotopic (exact) mass is 450 g/mol. The van der Waals surface area contributed by atoms with Crippen molar-refractivity contribution in [1.82, 2.24) is 0 Å². The molecule has 0 bridgehead atoms. The van der Waals surface area contributed by atoms with E-state index in [2.05, 4.69) is 4.89 Å². The van der Waals surface area contributed by atoms with E-state index in [1.807, 2.05) is 91.0 Å². The van der Waals surface area contributed by atoms with Crippen molar-refractivity contribution >= 4 is 0 Å². The van der Waals surface area contributed by atoms with Crippen molar-refractivity contribution in [2.45, 2.75) is 50.8 Å². The highest BCUT2D eigenvalue weighted by Gasteiger charge is 2.41. The van der Waals surface area contributed by atoms with Gasteiger partial charge in [-0.3, -0.25) is 0 Å². The number of benzene rings is 3. The fraction of sp³-hybridized carbons (Fsp3) is 0.333. The van der Waals surface area contributed by atoms with Crippen molar-refractivity contribution in [3.05, 3.63) is 108 Å². The molecule has 0 radical (unpaired) electrons. The molecule has 0 spiro atoms. The van der Waals surface area contributed by atoms with Gasteiger partial charge in [0.15, 0.2) is 6.29 Å². The Labute approximate surface area is 194 Å². The van der Waals surface area contributed by atoms with E-state index in [0.717, 1.165) is 16.7 Å². The van der Waals surface area contributed by atoms with Gasteiger partial charge in [-0.05, 0) is 16.7 Å². The molecule has 6 heteroatoms. The molecule has 0 unspecified atom stereocenters. The Morgan fingerprint density at radius 2 is 1.21 bits per heavy atom. The van der Waals surface area contributed by atoms with Gasteiger partial charge in [0.05, 0.1) is 32.5 Å². The van der Waals surface area contributed by atoms with E-state index in [9.17, 15) is 5.26 Å². The molecule has 1 heterocycles. The van der Waals surface area contributed by atoms with Gasteiger partial charge in [0.2, 0.25) is 0 Å². The lowest BCUT2D eigenvalue weighted by Gasteiger charge is -2.40. The van der Waals surface area contributed by atoms with Crippen LogP contribution in [0.25, 0.3) is 0 Å². The molecule has 174 valence electrons. The van der Waals surface area contributed by atoms with Gasteiger partial charge in [0.1, 0.15) is 12.2 Å². The van der Waals surface area contributed by atoms with Gasteiger partial charge in [0.25, 0.3) is 0 Å². The lowest BCUT2D eigenvalue weighted by atomic mass is 10.0. The second-order valence-corrected chi connectivity index (χ2v) is 8.04. The van der Waals surface area contributed by atoms with Gasteiger partial charge in [0, 0.05) is 6.42 Å². The molecule has 1 aliphatic rings. The van der Waals surface area contributed by atoms with Gasteiger partial charge in [-0.1, -0.05) is 91.0 Å². The van der Waals surface area contributed by atoms with E-state index in [0.29, 0.717) is 26.2 Å². The maximum absolute atomic E-state index is 9.35. The highest BCUT2D eigenvalue weighted by atomic mass is 17.1. The Hall–Kier alpha value is -2.58. The lowest BCUT2D eigenvalue weighted by Crippen LogP contribution is -2.52. The van der Waals surface area contributed by atoms with Crippen LogP contribution < -0.4 is 0 Å². The number of hydrogen-bond acceptors (Lipinski definition) is 6. The van der Waals surface area contributed by atoms with Crippen molar-refractivity contribution in [1.29, 1.82) is 0 Å². The largest absolute Gasteiger partial charge is 0.374 e. The molecule has 3 aromatic rings. The van der Waals surface area contributed by atoms with Crippen LogP contribution in [0.2, 0.25) is 0 Å². The second kappa shape index (κ2) is 12.6. The molecule has 1 N–H and O–H groups in total. The first kappa shape index (κ1) is 23.6.